The molecule has 0 amide bonds. The molecule has 0 heterocycles. The summed E-state index contributed by atoms with van der Waals surface area (Å²) in [5.41, 5.74) is 0. The minimum atomic E-state index is 0.988. The van der Waals surface area contributed by atoms with Gasteiger partial charge in [-0.05, 0) is 74.0 Å². The molecular weight excluding hydrogens is 216 g/mol. The lowest BCUT2D eigenvalue weighted by Crippen LogP contribution is -2.24. The van der Waals surface area contributed by atoms with Gasteiger partial charge in [0.15, 0.2) is 0 Å². The van der Waals surface area contributed by atoms with Crippen LogP contribution in [0, 0.1) is 35.5 Å². The Kier molecular flexibility index (Phi) is 5.15. The molecule has 2 aliphatic rings. The SMILES string of the molecule is CC1CC(C)CC(CCC2CCC(C)CC2C)C1. The summed E-state index contributed by atoms with van der Waals surface area (Å²) < 4.78 is 0. The molecule has 0 saturated heterocycles. The third-order valence-electron chi connectivity index (χ3n) is 5.83. The van der Waals surface area contributed by atoms with Crippen LogP contribution in [-0.4, -0.2) is 0 Å². The Morgan fingerprint density at radius 2 is 1.33 bits per heavy atom. The van der Waals surface area contributed by atoms with Gasteiger partial charge in [0, 0.05) is 0 Å². The van der Waals surface area contributed by atoms with Gasteiger partial charge in [-0.1, -0.05) is 40.5 Å². The van der Waals surface area contributed by atoms with Crippen LogP contribution in [0.3, 0.4) is 0 Å². The molecular formula is C18H34. The van der Waals surface area contributed by atoms with Crippen LogP contribution in [-0.2, 0) is 0 Å². The molecule has 0 N–H and O–H groups in total. The molecule has 0 spiro atoms. The van der Waals surface area contributed by atoms with E-state index in [4.69, 9.17) is 0 Å². The maximum absolute atomic E-state index is 2.51. The Labute approximate surface area is 115 Å². The van der Waals surface area contributed by atoms with Crippen molar-refractivity contribution in [1.29, 1.82) is 0 Å². The summed E-state index contributed by atoms with van der Waals surface area (Å²) in [6.45, 7) is 9.88. The van der Waals surface area contributed by atoms with E-state index in [1.165, 1.54) is 51.4 Å². The fraction of sp³-hybridized carbons (Fsp3) is 1.00. The van der Waals surface area contributed by atoms with Gasteiger partial charge in [-0.2, -0.15) is 0 Å². The normalized spacial score (nSPS) is 46.0. The third-order valence-corrected chi connectivity index (χ3v) is 5.83. The predicted molar refractivity (Wildman–Crippen MR) is 80.6 cm³/mol. The smallest absolute Gasteiger partial charge is 0.0388 e. The maximum Gasteiger partial charge on any atom is -0.0388 e. The van der Waals surface area contributed by atoms with Gasteiger partial charge in [-0.15, -0.1) is 0 Å². The summed E-state index contributed by atoms with van der Waals surface area (Å²) in [7, 11) is 0. The van der Waals surface area contributed by atoms with E-state index < -0.39 is 0 Å². The van der Waals surface area contributed by atoms with Crippen LogP contribution in [0.25, 0.3) is 0 Å². The third kappa shape index (κ3) is 4.00. The summed E-state index contributed by atoms with van der Waals surface area (Å²) in [4.78, 5) is 0. The van der Waals surface area contributed by atoms with E-state index in [2.05, 4.69) is 27.7 Å². The van der Waals surface area contributed by atoms with Gasteiger partial charge in [0.05, 0.1) is 0 Å². The second kappa shape index (κ2) is 6.44. The van der Waals surface area contributed by atoms with E-state index in [0.29, 0.717) is 0 Å². The monoisotopic (exact) mass is 250 g/mol. The first-order chi connectivity index (χ1) is 8.54. The number of rotatable bonds is 3. The zero-order valence-corrected chi connectivity index (χ0v) is 13.1. The minimum Gasteiger partial charge on any atom is -0.0625 e. The molecule has 0 nitrogen and oxygen atoms in total. The van der Waals surface area contributed by atoms with Gasteiger partial charge in [-0.3, -0.25) is 0 Å². The second-order valence-corrected chi connectivity index (χ2v) is 8.02. The summed E-state index contributed by atoms with van der Waals surface area (Å²) in [5, 5.41) is 0. The van der Waals surface area contributed by atoms with Crippen molar-refractivity contribution in [3.63, 3.8) is 0 Å². The average Bonchev–Trinajstić information content (AvgIpc) is 2.26. The molecule has 0 aromatic carbocycles. The lowest BCUT2D eigenvalue weighted by molar-refractivity contribution is 0.158. The topological polar surface area (TPSA) is 0 Å². The molecule has 106 valence electrons. The molecule has 5 unspecified atom stereocenters. The molecule has 2 fully saturated rings. The molecule has 0 aromatic heterocycles. The molecule has 0 heteroatoms. The molecule has 0 radical (unpaired) electrons. The van der Waals surface area contributed by atoms with Gasteiger partial charge in [0.25, 0.3) is 0 Å². The van der Waals surface area contributed by atoms with Crippen LogP contribution in [0.15, 0.2) is 0 Å². The van der Waals surface area contributed by atoms with Crippen LogP contribution < -0.4 is 0 Å². The number of hydrogen-bond acceptors (Lipinski definition) is 0. The largest absolute Gasteiger partial charge is 0.0625 e. The Bertz CT molecular complexity index is 234. The van der Waals surface area contributed by atoms with Gasteiger partial charge in [0.2, 0.25) is 0 Å². The van der Waals surface area contributed by atoms with Crippen LogP contribution >= 0.6 is 0 Å². The van der Waals surface area contributed by atoms with Crippen LogP contribution in [0.4, 0.5) is 0 Å². The zero-order chi connectivity index (χ0) is 13.1. The molecule has 0 bridgehead atoms. The van der Waals surface area contributed by atoms with Crippen molar-refractivity contribution in [1.82, 2.24) is 0 Å². The predicted octanol–water partition coefficient (Wildman–Crippen LogP) is 5.91. The van der Waals surface area contributed by atoms with Crippen molar-refractivity contribution in [2.24, 2.45) is 35.5 Å². The van der Waals surface area contributed by atoms with E-state index in [0.717, 1.165) is 35.5 Å². The molecule has 5 atom stereocenters. The Balaban J connectivity index is 1.74. The standard InChI is InChI=1S/C18H34/c1-13-5-7-18(16(4)10-13)8-6-17-11-14(2)9-15(3)12-17/h13-18H,5-12H2,1-4H3. The van der Waals surface area contributed by atoms with Crippen LogP contribution in [0.2, 0.25) is 0 Å². The fourth-order valence-electron chi connectivity index (χ4n) is 4.96. The first-order valence-corrected chi connectivity index (χ1v) is 8.54. The van der Waals surface area contributed by atoms with E-state index in [-0.39, 0.29) is 0 Å². The average molecular weight is 250 g/mol. The van der Waals surface area contributed by atoms with E-state index >= 15 is 0 Å². The van der Waals surface area contributed by atoms with Crippen molar-refractivity contribution in [2.45, 2.75) is 79.1 Å². The fourth-order valence-corrected chi connectivity index (χ4v) is 4.96. The Hall–Kier alpha value is 0. The highest BCUT2D eigenvalue weighted by atomic mass is 14.3. The van der Waals surface area contributed by atoms with E-state index in [1.807, 2.05) is 0 Å². The lowest BCUT2D eigenvalue weighted by atomic mass is 9.70. The summed E-state index contributed by atoms with van der Waals surface area (Å²) in [5.74, 6) is 6.06. The molecule has 2 aliphatic carbocycles. The Morgan fingerprint density at radius 3 is 1.94 bits per heavy atom. The van der Waals surface area contributed by atoms with Crippen molar-refractivity contribution in [3.05, 3.63) is 0 Å². The quantitative estimate of drug-likeness (QED) is 0.584. The van der Waals surface area contributed by atoms with Crippen molar-refractivity contribution >= 4 is 0 Å². The van der Waals surface area contributed by atoms with Crippen molar-refractivity contribution in [3.8, 4) is 0 Å². The first-order valence-electron chi connectivity index (χ1n) is 8.54. The summed E-state index contributed by atoms with van der Waals surface area (Å²) >= 11 is 0. The number of hydrogen-bond donors (Lipinski definition) is 0. The summed E-state index contributed by atoms with van der Waals surface area (Å²) in [6.07, 6.45) is 12.1. The van der Waals surface area contributed by atoms with Crippen LogP contribution in [0.5, 0.6) is 0 Å². The second-order valence-electron chi connectivity index (χ2n) is 8.02. The summed E-state index contributed by atoms with van der Waals surface area (Å²) in [6, 6.07) is 0. The Morgan fingerprint density at radius 1 is 0.667 bits per heavy atom. The van der Waals surface area contributed by atoms with Crippen molar-refractivity contribution in [2.75, 3.05) is 0 Å². The highest BCUT2D eigenvalue weighted by Crippen LogP contribution is 2.40. The van der Waals surface area contributed by atoms with Crippen LogP contribution in [0.1, 0.15) is 79.1 Å². The molecule has 2 rings (SSSR count). The van der Waals surface area contributed by atoms with Gasteiger partial charge in [0.1, 0.15) is 0 Å². The first kappa shape index (κ1) is 14.4. The highest BCUT2D eigenvalue weighted by molar-refractivity contribution is 4.79. The maximum atomic E-state index is 2.51. The minimum absolute atomic E-state index is 0.988. The van der Waals surface area contributed by atoms with Gasteiger partial charge >= 0.3 is 0 Å². The van der Waals surface area contributed by atoms with E-state index in [1.54, 1.807) is 0 Å². The molecule has 0 aromatic rings. The highest BCUT2D eigenvalue weighted by Gasteiger charge is 2.28. The molecule has 0 aliphatic heterocycles. The molecule has 2 saturated carbocycles. The van der Waals surface area contributed by atoms with Gasteiger partial charge in [-0.25, -0.2) is 0 Å². The van der Waals surface area contributed by atoms with Crippen molar-refractivity contribution < 1.29 is 0 Å². The van der Waals surface area contributed by atoms with Gasteiger partial charge < -0.3 is 0 Å². The zero-order valence-electron chi connectivity index (χ0n) is 13.1. The lowest BCUT2D eigenvalue weighted by Gasteiger charge is -2.36. The molecule has 18 heavy (non-hydrogen) atoms. The van der Waals surface area contributed by atoms with E-state index in [9.17, 15) is 0 Å².